The Balaban J connectivity index is 1.34. The van der Waals surface area contributed by atoms with E-state index in [4.69, 9.17) is 4.74 Å². The molecule has 1 atom stereocenters. The van der Waals surface area contributed by atoms with E-state index in [0.717, 1.165) is 36.0 Å². The first-order valence-corrected chi connectivity index (χ1v) is 10.2. The Labute approximate surface area is 171 Å². The maximum absolute atomic E-state index is 12.9. The Kier molecular flexibility index (Phi) is 5.37. The first kappa shape index (κ1) is 19.6. The van der Waals surface area contributed by atoms with Gasteiger partial charge in [0.2, 0.25) is 0 Å². The number of anilines is 1. The minimum absolute atomic E-state index is 0.0792. The van der Waals surface area contributed by atoms with Crippen molar-refractivity contribution in [2.45, 2.75) is 51.2 Å². The second kappa shape index (κ2) is 7.95. The van der Waals surface area contributed by atoms with Crippen LogP contribution in [0.1, 0.15) is 47.2 Å². The second-order valence-corrected chi connectivity index (χ2v) is 8.23. The number of carbonyl (C=O) groups is 2. The van der Waals surface area contributed by atoms with Crippen molar-refractivity contribution < 1.29 is 14.3 Å². The Morgan fingerprint density at radius 3 is 2.52 bits per heavy atom. The summed E-state index contributed by atoms with van der Waals surface area (Å²) in [6, 6.07) is 9.57. The van der Waals surface area contributed by atoms with Gasteiger partial charge in [0.15, 0.2) is 0 Å². The fourth-order valence-electron chi connectivity index (χ4n) is 4.42. The number of carbonyl (C=O) groups excluding carboxylic acids is 2. The molecule has 0 bridgehead atoms. The summed E-state index contributed by atoms with van der Waals surface area (Å²) in [7, 11) is 0. The fraction of sp³-hybridized carbons (Fsp3) is 0.435. The van der Waals surface area contributed by atoms with Crippen LogP contribution in [0.15, 0.2) is 42.7 Å². The first-order valence-electron chi connectivity index (χ1n) is 10.2. The van der Waals surface area contributed by atoms with Crippen LogP contribution in [0.4, 0.5) is 5.69 Å². The highest BCUT2D eigenvalue weighted by molar-refractivity contribution is 5.95. The van der Waals surface area contributed by atoms with Crippen molar-refractivity contribution in [2.24, 2.45) is 0 Å². The standard InChI is InChI=1S/C23H27N3O3/c1-16-12-17(2)14-18(13-16)22(28)26-10-7-23(8-11-26)6-5-20(29-23)21(27)25-19-4-3-9-24-15-19/h3-4,9,12-15,20H,5-8,10-11H2,1-2H3,(H,25,27). The number of pyridine rings is 1. The van der Waals surface area contributed by atoms with Gasteiger partial charge in [0, 0.05) is 24.8 Å². The molecule has 6 nitrogen and oxygen atoms in total. The second-order valence-electron chi connectivity index (χ2n) is 8.23. The Bertz CT molecular complexity index is 885. The van der Waals surface area contributed by atoms with E-state index in [1.54, 1.807) is 18.5 Å². The molecular weight excluding hydrogens is 366 g/mol. The highest BCUT2D eigenvalue weighted by atomic mass is 16.5. The summed E-state index contributed by atoms with van der Waals surface area (Å²) >= 11 is 0. The van der Waals surface area contributed by atoms with Crippen LogP contribution < -0.4 is 5.32 Å². The van der Waals surface area contributed by atoms with Crippen LogP contribution in [0.2, 0.25) is 0 Å². The van der Waals surface area contributed by atoms with Crippen LogP contribution in [0.3, 0.4) is 0 Å². The Morgan fingerprint density at radius 1 is 1.14 bits per heavy atom. The van der Waals surface area contributed by atoms with Gasteiger partial charge in [-0.25, -0.2) is 0 Å². The van der Waals surface area contributed by atoms with Crippen LogP contribution in [0, 0.1) is 13.8 Å². The van der Waals surface area contributed by atoms with Gasteiger partial charge in [-0.3, -0.25) is 14.6 Å². The molecule has 1 aromatic carbocycles. The summed E-state index contributed by atoms with van der Waals surface area (Å²) in [5.74, 6) is -0.0425. The molecule has 0 saturated carbocycles. The first-order chi connectivity index (χ1) is 13.9. The predicted octanol–water partition coefficient (Wildman–Crippen LogP) is 3.49. The van der Waals surface area contributed by atoms with E-state index < -0.39 is 6.10 Å². The lowest BCUT2D eigenvalue weighted by atomic mass is 9.88. The number of nitrogens with one attached hydrogen (secondary N) is 1. The van der Waals surface area contributed by atoms with Crippen LogP contribution in [0.5, 0.6) is 0 Å². The van der Waals surface area contributed by atoms with E-state index in [0.29, 0.717) is 25.2 Å². The Hall–Kier alpha value is -2.73. The number of rotatable bonds is 3. The third-order valence-electron chi connectivity index (χ3n) is 5.91. The molecule has 29 heavy (non-hydrogen) atoms. The molecule has 2 aromatic rings. The van der Waals surface area contributed by atoms with Gasteiger partial charge in [-0.15, -0.1) is 0 Å². The lowest BCUT2D eigenvalue weighted by Crippen LogP contribution is -2.47. The third kappa shape index (κ3) is 4.32. The molecule has 2 aliphatic rings. The average molecular weight is 393 g/mol. The fourth-order valence-corrected chi connectivity index (χ4v) is 4.42. The molecule has 4 rings (SSSR count). The minimum Gasteiger partial charge on any atom is -0.362 e. The summed E-state index contributed by atoms with van der Waals surface area (Å²) < 4.78 is 6.23. The SMILES string of the molecule is Cc1cc(C)cc(C(=O)N2CCC3(CCC(C(=O)Nc4cccnc4)O3)CC2)c1. The van der Waals surface area contributed by atoms with Crippen LogP contribution in [-0.2, 0) is 9.53 Å². The smallest absolute Gasteiger partial charge is 0.253 e. The maximum Gasteiger partial charge on any atom is 0.253 e. The van der Waals surface area contributed by atoms with Crippen molar-refractivity contribution in [3.8, 4) is 0 Å². The molecule has 2 fully saturated rings. The van der Waals surface area contributed by atoms with Crippen molar-refractivity contribution in [2.75, 3.05) is 18.4 Å². The molecule has 6 heteroatoms. The number of likely N-dealkylation sites (tertiary alicyclic amines) is 1. The van der Waals surface area contributed by atoms with E-state index in [1.807, 2.05) is 36.9 Å². The molecule has 1 unspecified atom stereocenters. The number of hydrogen-bond donors (Lipinski definition) is 1. The molecule has 3 heterocycles. The summed E-state index contributed by atoms with van der Waals surface area (Å²) in [5.41, 5.74) is 3.33. The lowest BCUT2D eigenvalue weighted by molar-refractivity contribution is -0.135. The normalized spacial score (nSPS) is 20.6. The summed E-state index contributed by atoms with van der Waals surface area (Å²) in [4.78, 5) is 31.4. The number of aryl methyl sites for hydroxylation is 2. The van der Waals surface area contributed by atoms with Crippen molar-refractivity contribution in [1.29, 1.82) is 0 Å². The van der Waals surface area contributed by atoms with Gasteiger partial charge in [0.05, 0.1) is 17.5 Å². The molecule has 2 aliphatic heterocycles. The largest absolute Gasteiger partial charge is 0.362 e. The zero-order chi connectivity index (χ0) is 20.4. The van der Waals surface area contributed by atoms with Gasteiger partial charge in [0.1, 0.15) is 6.10 Å². The molecule has 1 N–H and O–H groups in total. The molecule has 2 amide bonds. The van der Waals surface area contributed by atoms with Gasteiger partial charge in [-0.2, -0.15) is 0 Å². The van der Waals surface area contributed by atoms with Crippen LogP contribution >= 0.6 is 0 Å². The topological polar surface area (TPSA) is 71.5 Å². The van der Waals surface area contributed by atoms with Gasteiger partial charge < -0.3 is 15.0 Å². The van der Waals surface area contributed by atoms with E-state index in [9.17, 15) is 9.59 Å². The quantitative estimate of drug-likeness (QED) is 0.867. The molecular formula is C23H27N3O3. The highest BCUT2D eigenvalue weighted by Gasteiger charge is 2.45. The van der Waals surface area contributed by atoms with Gasteiger partial charge >= 0.3 is 0 Å². The third-order valence-corrected chi connectivity index (χ3v) is 5.91. The maximum atomic E-state index is 12.9. The van der Waals surface area contributed by atoms with Crippen molar-refractivity contribution in [1.82, 2.24) is 9.88 Å². The van der Waals surface area contributed by atoms with Crippen LogP contribution in [-0.4, -0.2) is 46.5 Å². The summed E-state index contributed by atoms with van der Waals surface area (Å²) in [6.07, 6.45) is 5.93. The van der Waals surface area contributed by atoms with E-state index in [1.165, 1.54) is 0 Å². The Morgan fingerprint density at radius 2 is 1.86 bits per heavy atom. The number of ether oxygens (including phenoxy) is 1. The number of amides is 2. The predicted molar refractivity (Wildman–Crippen MR) is 111 cm³/mol. The molecule has 1 aromatic heterocycles. The molecule has 152 valence electrons. The van der Waals surface area contributed by atoms with E-state index >= 15 is 0 Å². The van der Waals surface area contributed by atoms with E-state index in [2.05, 4.69) is 16.4 Å². The zero-order valence-electron chi connectivity index (χ0n) is 17.0. The number of nitrogens with zero attached hydrogens (tertiary/aromatic N) is 2. The molecule has 2 saturated heterocycles. The van der Waals surface area contributed by atoms with Gasteiger partial charge in [-0.05, 0) is 63.8 Å². The average Bonchev–Trinajstić information content (AvgIpc) is 3.12. The number of hydrogen-bond acceptors (Lipinski definition) is 4. The lowest BCUT2D eigenvalue weighted by Gasteiger charge is -2.39. The van der Waals surface area contributed by atoms with Gasteiger partial charge in [-0.1, -0.05) is 17.2 Å². The molecule has 0 radical (unpaired) electrons. The van der Waals surface area contributed by atoms with Crippen LogP contribution in [0.25, 0.3) is 0 Å². The summed E-state index contributed by atoms with van der Waals surface area (Å²) in [6.45, 7) is 5.33. The van der Waals surface area contributed by atoms with Crippen molar-refractivity contribution >= 4 is 17.5 Å². The van der Waals surface area contributed by atoms with Crippen molar-refractivity contribution in [3.63, 3.8) is 0 Å². The summed E-state index contributed by atoms with van der Waals surface area (Å²) in [5, 5.41) is 2.87. The molecule has 0 aliphatic carbocycles. The number of benzene rings is 1. The zero-order valence-corrected chi connectivity index (χ0v) is 17.0. The monoisotopic (exact) mass is 393 g/mol. The van der Waals surface area contributed by atoms with E-state index in [-0.39, 0.29) is 17.4 Å². The highest BCUT2D eigenvalue weighted by Crippen LogP contribution is 2.39. The van der Waals surface area contributed by atoms with Crippen molar-refractivity contribution in [3.05, 3.63) is 59.4 Å². The number of piperidine rings is 1. The minimum atomic E-state index is -0.447. The number of aromatic nitrogens is 1. The van der Waals surface area contributed by atoms with Gasteiger partial charge in [0.25, 0.3) is 11.8 Å². The molecule has 1 spiro atoms.